The van der Waals surface area contributed by atoms with E-state index in [1.165, 1.54) is 19.2 Å². The van der Waals surface area contributed by atoms with Gasteiger partial charge in [0.25, 0.3) is 5.91 Å². The minimum absolute atomic E-state index is 0.0210. The molecule has 1 saturated heterocycles. The summed E-state index contributed by atoms with van der Waals surface area (Å²) in [7, 11) is -2.35. The molecule has 1 aromatic rings. The molecule has 1 aliphatic heterocycles. The van der Waals surface area contributed by atoms with Crippen LogP contribution in [0.3, 0.4) is 0 Å². The van der Waals surface area contributed by atoms with Crippen LogP contribution in [0.4, 0.5) is 0 Å². The number of methoxy groups -OCH3 is 1. The summed E-state index contributed by atoms with van der Waals surface area (Å²) in [6, 6.07) is 4.31. The summed E-state index contributed by atoms with van der Waals surface area (Å²) in [5.41, 5.74) is 0.341. The molecule has 0 aromatic heterocycles. The first-order valence-corrected chi connectivity index (χ1v) is 9.46. The second-order valence-corrected chi connectivity index (χ2v) is 7.88. The third-order valence-electron chi connectivity index (χ3n) is 3.85. The lowest BCUT2D eigenvalue weighted by Gasteiger charge is -2.34. The smallest absolute Gasteiger partial charge is 0.254 e. The van der Waals surface area contributed by atoms with Crippen LogP contribution in [0.15, 0.2) is 23.1 Å². The molecule has 2 rings (SSSR count). The van der Waals surface area contributed by atoms with E-state index in [1.807, 2.05) is 6.92 Å². The SMILES string of the molecule is COc1ccc(C(=O)N2CCNCC2C)cc1S(=O)(=O)NC(C)C. The number of hydrogen-bond donors (Lipinski definition) is 2. The maximum absolute atomic E-state index is 12.8. The molecule has 1 aromatic carbocycles. The highest BCUT2D eigenvalue weighted by Gasteiger charge is 2.27. The van der Waals surface area contributed by atoms with Gasteiger partial charge in [0, 0.05) is 37.3 Å². The third-order valence-corrected chi connectivity index (χ3v) is 5.53. The van der Waals surface area contributed by atoms with E-state index in [4.69, 9.17) is 4.74 Å². The van der Waals surface area contributed by atoms with Crippen molar-refractivity contribution in [2.24, 2.45) is 0 Å². The average molecular weight is 355 g/mol. The van der Waals surface area contributed by atoms with Gasteiger partial charge in [-0.1, -0.05) is 0 Å². The van der Waals surface area contributed by atoms with Gasteiger partial charge in [-0.3, -0.25) is 4.79 Å². The Kier molecular flexibility index (Phi) is 5.84. The Bertz CT molecular complexity index is 703. The van der Waals surface area contributed by atoms with Crippen molar-refractivity contribution in [2.45, 2.75) is 37.8 Å². The van der Waals surface area contributed by atoms with Crippen LogP contribution in [0.2, 0.25) is 0 Å². The fourth-order valence-corrected chi connectivity index (χ4v) is 4.15. The molecule has 24 heavy (non-hydrogen) atoms. The summed E-state index contributed by atoms with van der Waals surface area (Å²) in [5, 5.41) is 3.23. The predicted molar refractivity (Wildman–Crippen MR) is 91.8 cm³/mol. The van der Waals surface area contributed by atoms with Crippen LogP contribution < -0.4 is 14.8 Å². The van der Waals surface area contributed by atoms with Gasteiger partial charge in [0.15, 0.2) is 0 Å². The Labute approximate surface area is 143 Å². The molecule has 1 unspecified atom stereocenters. The van der Waals surface area contributed by atoms with Crippen molar-refractivity contribution in [3.8, 4) is 5.75 Å². The Hall–Kier alpha value is -1.64. The topological polar surface area (TPSA) is 87.7 Å². The van der Waals surface area contributed by atoms with Crippen LogP contribution in [-0.4, -0.2) is 58.1 Å². The second-order valence-electron chi connectivity index (χ2n) is 6.19. The van der Waals surface area contributed by atoms with E-state index < -0.39 is 10.0 Å². The molecule has 0 saturated carbocycles. The summed E-state index contributed by atoms with van der Waals surface area (Å²) in [5.74, 6) is 0.0423. The summed E-state index contributed by atoms with van der Waals surface area (Å²) in [6.07, 6.45) is 0. The molecule has 1 amide bonds. The first kappa shape index (κ1) is 18.7. The molecule has 1 aliphatic rings. The molecule has 1 atom stereocenters. The van der Waals surface area contributed by atoms with Crippen LogP contribution in [0.5, 0.6) is 5.75 Å². The number of nitrogens with zero attached hydrogens (tertiary/aromatic N) is 1. The maximum atomic E-state index is 12.8. The van der Waals surface area contributed by atoms with E-state index >= 15 is 0 Å². The number of hydrogen-bond acceptors (Lipinski definition) is 5. The van der Waals surface area contributed by atoms with Gasteiger partial charge in [-0.15, -0.1) is 0 Å². The van der Waals surface area contributed by atoms with Crippen LogP contribution in [-0.2, 0) is 10.0 Å². The lowest BCUT2D eigenvalue weighted by atomic mass is 10.1. The van der Waals surface area contributed by atoms with Crippen molar-refractivity contribution in [3.63, 3.8) is 0 Å². The largest absolute Gasteiger partial charge is 0.495 e. The normalized spacial score (nSPS) is 18.7. The number of ether oxygens (including phenoxy) is 1. The molecule has 0 bridgehead atoms. The number of sulfonamides is 1. The maximum Gasteiger partial charge on any atom is 0.254 e. The Morgan fingerprint density at radius 3 is 2.71 bits per heavy atom. The van der Waals surface area contributed by atoms with Crippen LogP contribution in [0.25, 0.3) is 0 Å². The minimum atomic E-state index is -3.76. The summed E-state index contributed by atoms with van der Waals surface area (Å²) in [4.78, 5) is 14.5. The first-order chi connectivity index (χ1) is 11.3. The van der Waals surface area contributed by atoms with Gasteiger partial charge >= 0.3 is 0 Å². The monoisotopic (exact) mass is 355 g/mol. The van der Waals surface area contributed by atoms with E-state index in [0.717, 1.165) is 13.1 Å². The van der Waals surface area contributed by atoms with Gasteiger partial charge in [-0.05, 0) is 39.0 Å². The zero-order valence-corrected chi connectivity index (χ0v) is 15.3. The Morgan fingerprint density at radius 2 is 2.12 bits per heavy atom. The van der Waals surface area contributed by atoms with Gasteiger partial charge in [-0.25, -0.2) is 13.1 Å². The van der Waals surface area contributed by atoms with Crippen molar-refractivity contribution in [3.05, 3.63) is 23.8 Å². The summed E-state index contributed by atoms with van der Waals surface area (Å²) < 4.78 is 32.7. The molecule has 7 nitrogen and oxygen atoms in total. The van der Waals surface area contributed by atoms with Gasteiger partial charge in [-0.2, -0.15) is 0 Å². The zero-order chi connectivity index (χ0) is 17.9. The summed E-state index contributed by atoms with van der Waals surface area (Å²) in [6.45, 7) is 7.49. The summed E-state index contributed by atoms with van der Waals surface area (Å²) >= 11 is 0. The van der Waals surface area contributed by atoms with E-state index in [2.05, 4.69) is 10.0 Å². The number of carbonyl (C=O) groups is 1. The number of amides is 1. The number of piperazine rings is 1. The van der Waals surface area contributed by atoms with Crippen molar-refractivity contribution in [2.75, 3.05) is 26.7 Å². The highest BCUT2D eigenvalue weighted by molar-refractivity contribution is 7.89. The lowest BCUT2D eigenvalue weighted by Crippen LogP contribution is -2.52. The van der Waals surface area contributed by atoms with Gasteiger partial charge in [0.1, 0.15) is 10.6 Å². The van der Waals surface area contributed by atoms with Crippen LogP contribution in [0, 0.1) is 0 Å². The molecule has 0 aliphatic carbocycles. The second kappa shape index (κ2) is 7.50. The Morgan fingerprint density at radius 1 is 1.42 bits per heavy atom. The standard InChI is InChI=1S/C16H25N3O4S/c1-11(2)18-24(21,22)15-9-13(5-6-14(15)23-4)16(20)19-8-7-17-10-12(19)3/h5-6,9,11-12,17-18H,7-8,10H2,1-4H3. The molecule has 1 heterocycles. The van der Waals surface area contributed by atoms with E-state index in [1.54, 1.807) is 24.8 Å². The molecular formula is C16H25N3O4S. The van der Waals surface area contributed by atoms with Gasteiger partial charge in [0.05, 0.1) is 7.11 Å². The van der Waals surface area contributed by atoms with Gasteiger partial charge < -0.3 is 15.0 Å². The fraction of sp³-hybridized carbons (Fsp3) is 0.562. The van der Waals surface area contributed by atoms with Crippen molar-refractivity contribution in [1.82, 2.24) is 14.9 Å². The quantitative estimate of drug-likeness (QED) is 0.816. The van der Waals surface area contributed by atoms with Crippen LogP contribution >= 0.6 is 0 Å². The molecule has 0 spiro atoms. The van der Waals surface area contributed by atoms with Crippen LogP contribution in [0.1, 0.15) is 31.1 Å². The molecule has 2 N–H and O–H groups in total. The van der Waals surface area contributed by atoms with E-state index in [9.17, 15) is 13.2 Å². The number of rotatable bonds is 5. The molecule has 1 fully saturated rings. The highest BCUT2D eigenvalue weighted by atomic mass is 32.2. The molecule has 8 heteroatoms. The van der Waals surface area contributed by atoms with Crippen molar-refractivity contribution < 1.29 is 17.9 Å². The van der Waals surface area contributed by atoms with E-state index in [0.29, 0.717) is 12.1 Å². The Balaban J connectivity index is 2.39. The number of nitrogens with one attached hydrogen (secondary N) is 2. The van der Waals surface area contributed by atoms with Crippen molar-refractivity contribution in [1.29, 1.82) is 0 Å². The zero-order valence-electron chi connectivity index (χ0n) is 14.5. The highest BCUT2D eigenvalue weighted by Crippen LogP contribution is 2.26. The van der Waals surface area contributed by atoms with Gasteiger partial charge in [0.2, 0.25) is 10.0 Å². The lowest BCUT2D eigenvalue weighted by molar-refractivity contribution is 0.0655. The third kappa shape index (κ3) is 4.06. The molecular weight excluding hydrogens is 330 g/mol. The molecule has 0 radical (unpaired) electrons. The first-order valence-electron chi connectivity index (χ1n) is 7.98. The fourth-order valence-electron chi connectivity index (χ4n) is 2.70. The van der Waals surface area contributed by atoms with Crippen molar-refractivity contribution >= 4 is 15.9 Å². The van der Waals surface area contributed by atoms with E-state index in [-0.39, 0.29) is 28.6 Å². The number of carbonyl (C=O) groups excluding carboxylic acids is 1. The predicted octanol–water partition coefficient (Wildman–Crippen LogP) is 0.816. The molecule has 134 valence electrons. The number of benzene rings is 1. The average Bonchev–Trinajstić information content (AvgIpc) is 2.53. The minimum Gasteiger partial charge on any atom is -0.495 e.